The highest BCUT2D eigenvalue weighted by atomic mass is 35.5. The lowest BCUT2D eigenvalue weighted by Gasteiger charge is -2.05. The first kappa shape index (κ1) is 17.3. The number of rotatable bonds is 5. The second-order valence-corrected chi connectivity index (χ2v) is 7.07. The Kier molecular flexibility index (Phi) is 5.28. The summed E-state index contributed by atoms with van der Waals surface area (Å²) >= 11 is 5.84. The fraction of sp³-hybridized carbons (Fsp3) is 0.125. The Hall–Kier alpha value is -2.05. The number of hydrogen-bond acceptors (Lipinski definition) is 4. The Labute approximate surface area is 138 Å². The Morgan fingerprint density at radius 3 is 2.65 bits per heavy atom. The van der Waals surface area contributed by atoms with Crippen LogP contribution in [0.5, 0.6) is 11.5 Å². The van der Waals surface area contributed by atoms with E-state index in [1.54, 1.807) is 6.07 Å². The molecule has 0 saturated heterocycles. The van der Waals surface area contributed by atoms with Crippen LogP contribution in [0.1, 0.15) is 11.1 Å². The van der Waals surface area contributed by atoms with Crippen molar-refractivity contribution in [1.82, 2.24) is 0 Å². The minimum absolute atomic E-state index is 0.0365. The zero-order chi connectivity index (χ0) is 17.0. The van der Waals surface area contributed by atoms with E-state index < -0.39 is 15.7 Å². The molecule has 0 radical (unpaired) electrons. The number of benzene rings is 2. The van der Waals surface area contributed by atoms with E-state index in [1.165, 1.54) is 31.4 Å². The highest BCUT2D eigenvalue weighted by molar-refractivity contribution is 7.93. The number of sulfone groups is 1. The zero-order valence-electron chi connectivity index (χ0n) is 12.2. The molecule has 2 aromatic rings. The molecule has 2 aromatic carbocycles. The molecule has 0 aliphatic rings. The lowest BCUT2D eigenvalue weighted by molar-refractivity contribution is 0.373. The van der Waals surface area contributed by atoms with E-state index in [0.29, 0.717) is 11.1 Å². The molecule has 0 aliphatic heterocycles. The van der Waals surface area contributed by atoms with Crippen LogP contribution in [0.4, 0.5) is 4.39 Å². The lowest BCUT2D eigenvalue weighted by atomic mass is 10.2. The van der Waals surface area contributed by atoms with Crippen LogP contribution in [-0.4, -0.2) is 20.6 Å². The third-order valence-electron chi connectivity index (χ3n) is 3.04. The molecular formula is C16H14ClFO4S. The molecule has 122 valence electrons. The fourth-order valence-electron chi connectivity index (χ4n) is 1.88. The van der Waals surface area contributed by atoms with Crippen molar-refractivity contribution in [3.8, 4) is 11.5 Å². The molecule has 2 rings (SSSR count). The van der Waals surface area contributed by atoms with Crippen molar-refractivity contribution < 1.29 is 22.7 Å². The third-order valence-corrected chi connectivity index (χ3v) is 4.66. The smallest absolute Gasteiger partial charge is 0.175 e. The first-order chi connectivity index (χ1) is 10.8. The van der Waals surface area contributed by atoms with Crippen molar-refractivity contribution in [3.63, 3.8) is 0 Å². The summed E-state index contributed by atoms with van der Waals surface area (Å²) in [5, 5.41) is 10.6. The quantitative estimate of drug-likeness (QED) is 0.885. The van der Waals surface area contributed by atoms with Crippen LogP contribution in [0.3, 0.4) is 0 Å². The van der Waals surface area contributed by atoms with Crippen molar-refractivity contribution in [2.75, 3.05) is 7.11 Å². The zero-order valence-corrected chi connectivity index (χ0v) is 13.7. The van der Waals surface area contributed by atoms with Gasteiger partial charge in [-0.05, 0) is 41.5 Å². The molecule has 0 unspecified atom stereocenters. The molecular weight excluding hydrogens is 343 g/mol. The standard InChI is InChI=1S/C16H14ClFO4S/c1-22-16-8-11(2-5-15(16)19)6-7-23(20,21)10-12-3-4-13(18)9-14(12)17/h2-9,19H,10H2,1H3. The lowest BCUT2D eigenvalue weighted by Crippen LogP contribution is -2.01. The second-order valence-electron chi connectivity index (χ2n) is 4.78. The van der Waals surface area contributed by atoms with E-state index in [1.807, 2.05) is 0 Å². The Balaban J connectivity index is 2.20. The van der Waals surface area contributed by atoms with Crippen LogP contribution < -0.4 is 4.74 Å². The average Bonchev–Trinajstić information content (AvgIpc) is 2.49. The van der Waals surface area contributed by atoms with E-state index in [9.17, 15) is 17.9 Å². The monoisotopic (exact) mass is 356 g/mol. The minimum Gasteiger partial charge on any atom is -0.504 e. The van der Waals surface area contributed by atoms with Crippen molar-refractivity contribution >= 4 is 27.5 Å². The largest absolute Gasteiger partial charge is 0.504 e. The number of methoxy groups -OCH3 is 1. The Morgan fingerprint density at radius 2 is 2.00 bits per heavy atom. The van der Waals surface area contributed by atoms with Crippen LogP contribution in [0.25, 0.3) is 6.08 Å². The van der Waals surface area contributed by atoms with Gasteiger partial charge in [0.25, 0.3) is 0 Å². The van der Waals surface area contributed by atoms with Crippen LogP contribution in [0.2, 0.25) is 5.02 Å². The predicted molar refractivity (Wildman–Crippen MR) is 87.7 cm³/mol. The van der Waals surface area contributed by atoms with Gasteiger partial charge >= 0.3 is 0 Å². The van der Waals surface area contributed by atoms with Gasteiger partial charge < -0.3 is 9.84 Å². The van der Waals surface area contributed by atoms with Crippen LogP contribution in [-0.2, 0) is 15.6 Å². The molecule has 0 heterocycles. The molecule has 7 heteroatoms. The fourth-order valence-corrected chi connectivity index (χ4v) is 3.34. The van der Waals surface area contributed by atoms with Gasteiger partial charge in [0.05, 0.1) is 12.9 Å². The highest BCUT2D eigenvalue weighted by Crippen LogP contribution is 2.27. The van der Waals surface area contributed by atoms with Crippen molar-refractivity contribution in [3.05, 3.63) is 63.8 Å². The average molecular weight is 357 g/mol. The molecule has 0 saturated carbocycles. The van der Waals surface area contributed by atoms with Gasteiger partial charge in [0.1, 0.15) is 5.82 Å². The number of aromatic hydroxyl groups is 1. The summed E-state index contributed by atoms with van der Waals surface area (Å²) in [4.78, 5) is 0. The number of halogens is 2. The van der Waals surface area contributed by atoms with E-state index in [4.69, 9.17) is 16.3 Å². The van der Waals surface area contributed by atoms with E-state index >= 15 is 0 Å². The van der Waals surface area contributed by atoms with Crippen molar-refractivity contribution in [2.24, 2.45) is 0 Å². The molecule has 0 fully saturated rings. The highest BCUT2D eigenvalue weighted by Gasteiger charge is 2.12. The summed E-state index contributed by atoms with van der Waals surface area (Å²) in [5.74, 6) is -0.655. The van der Waals surface area contributed by atoms with E-state index in [-0.39, 0.29) is 22.3 Å². The molecule has 0 bridgehead atoms. The van der Waals surface area contributed by atoms with Gasteiger partial charge in [-0.25, -0.2) is 12.8 Å². The number of phenolic OH excluding ortho intramolecular Hbond substituents is 1. The Morgan fingerprint density at radius 1 is 1.26 bits per heavy atom. The molecule has 0 spiro atoms. The summed E-state index contributed by atoms with van der Waals surface area (Å²) in [6, 6.07) is 8.03. The molecule has 0 aliphatic carbocycles. The molecule has 1 N–H and O–H groups in total. The van der Waals surface area contributed by atoms with Gasteiger partial charge in [-0.2, -0.15) is 0 Å². The summed E-state index contributed by atoms with van der Waals surface area (Å²) in [6.07, 6.45) is 1.38. The summed E-state index contributed by atoms with van der Waals surface area (Å²) in [5.41, 5.74) is 0.870. The normalized spacial score (nSPS) is 11.8. The number of phenols is 1. The summed E-state index contributed by atoms with van der Waals surface area (Å²) < 4.78 is 42.2. The van der Waals surface area contributed by atoms with Gasteiger partial charge in [-0.15, -0.1) is 0 Å². The maximum absolute atomic E-state index is 13.0. The maximum atomic E-state index is 13.0. The first-order valence-corrected chi connectivity index (χ1v) is 8.62. The maximum Gasteiger partial charge on any atom is 0.175 e. The molecule has 4 nitrogen and oxygen atoms in total. The minimum atomic E-state index is -3.59. The van der Waals surface area contributed by atoms with Gasteiger partial charge in [0.2, 0.25) is 0 Å². The van der Waals surface area contributed by atoms with Crippen LogP contribution >= 0.6 is 11.6 Å². The van der Waals surface area contributed by atoms with E-state index in [2.05, 4.69) is 0 Å². The molecule has 23 heavy (non-hydrogen) atoms. The van der Waals surface area contributed by atoms with Crippen molar-refractivity contribution in [1.29, 1.82) is 0 Å². The topological polar surface area (TPSA) is 63.6 Å². The number of hydrogen-bond donors (Lipinski definition) is 1. The molecule has 0 amide bonds. The van der Waals surface area contributed by atoms with Gasteiger partial charge in [-0.3, -0.25) is 0 Å². The van der Waals surface area contributed by atoms with Gasteiger partial charge in [-0.1, -0.05) is 23.7 Å². The van der Waals surface area contributed by atoms with Gasteiger partial charge in [0.15, 0.2) is 21.3 Å². The van der Waals surface area contributed by atoms with E-state index in [0.717, 1.165) is 17.5 Å². The van der Waals surface area contributed by atoms with Gasteiger partial charge in [0, 0.05) is 10.4 Å². The van der Waals surface area contributed by atoms with Crippen molar-refractivity contribution in [2.45, 2.75) is 5.75 Å². The summed E-state index contributed by atoms with van der Waals surface area (Å²) in [6.45, 7) is 0. The molecule has 0 aromatic heterocycles. The molecule has 0 atom stereocenters. The first-order valence-electron chi connectivity index (χ1n) is 6.52. The Bertz CT molecular complexity index is 847. The van der Waals surface area contributed by atoms with Crippen LogP contribution in [0, 0.1) is 5.82 Å². The second kappa shape index (κ2) is 7.02. The number of ether oxygens (including phenoxy) is 1. The third kappa shape index (κ3) is 4.71. The van der Waals surface area contributed by atoms with Crippen LogP contribution in [0.15, 0.2) is 41.8 Å². The SMILES string of the molecule is COc1cc(C=CS(=O)(=O)Cc2ccc(F)cc2Cl)ccc1O. The summed E-state index contributed by atoms with van der Waals surface area (Å²) in [7, 11) is -2.19. The predicted octanol–water partition coefficient (Wildman–Crippen LogP) is 3.78.